The molecule has 0 spiro atoms. The molecule has 13 heavy (non-hydrogen) atoms. The molecule has 0 aliphatic rings. The van der Waals surface area contributed by atoms with Crippen LogP contribution in [0.2, 0.25) is 0 Å². The number of hydrogen-bond donors (Lipinski definition) is 0. The molecule has 0 N–H and O–H groups in total. The van der Waals surface area contributed by atoms with Gasteiger partial charge in [-0.25, -0.2) is 0 Å². The van der Waals surface area contributed by atoms with Gasteiger partial charge in [-0.15, -0.1) is 0 Å². The Labute approximate surface area is 83.7 Å². The molecule has 0 aromatic heterocycles. The molecule has 0 aliphatic carbocycles. The first-order valence-corrected chi connectivity index (χ1v) is 5.55. The SMILES string of the molecule is CCCCCC/C=C/CC=C(C)C. The molecule has 0 aliphatic heterocycles. The summed E-state index contributed by atoms with van der Waals surface area (Å²) in [5.41, 5.74) is 1.41. The highest BCUT2D eigenvalue weighted by Gasteiger charge is 1.83. The van der Waals surface area contributed by atoms with Gasteiger partial charge >= 0.3 is 0 Å². The Morgan fingerprint density at radius 2 is 1.77 bits per heavy atom. The Balaban J connectivity index is 3.17. The van der Waals surface area contributed by atoms with Gasteiger partial charge in [-0.1, -0.05) is 50.0 Å². The van der Waals surface area contributed by atoms with Crippen molar-refractivity contribution >= 4 is 0 Å². The first-order chi connectivity index (χ1) is 6.27. The van der Waals surface area contributed by atoms with Crippen molar-refractivity contribution in [1.29, 1.82) is 0 Å². The normalized spacial score (nSPS) is 10.7. The second kappa shape index (κ2) is 9.57. The maximum absolute atomic E-state index is 2.31. The highest BCUT2D eigenvalue weighted by atomic mass is 13.9. The molecule has 0 heterocycles. The maximum Gasteiger partial charge on any atom is -0.0167 e. The van der Waals surface area contributed by atoms with Crippen LogP contribution in [0.3, 0.4) is 0 Å². The second-order valence-corrected chi connectivity index (χ2v) is 3.84. The van der Waals surface area contributed by atoms with Crippen LogP contribution < -0.4 is 0 Å². The van der Waals surface area contributed by atoms with E-state index in [4.69, 9.17) is 0 Å². The van der Waals surface area contributed by atoms with Gasteiger partial charge in [-0.2, -0.15) is 0 Å². The van der Waals surface area contributed by atoms with Gasteiger partial charge in [-0.3, -0.25) is 0 Å². The van der Waals surface area contributed by atoms with E-state index in [0.717, 1.165) is 6.42 Å². The number of hydrogen-bond acceptors (Lipinski definition) is 0. The summed E-state index contributed by atoms with van der Waals surface area (Å²) in [5, 5.41) is 0. The van der Waals surface area contributed by atoms with Crippen LogP contribution in [0.15, 0.2) is 23.8 Å². The predicted molar refractivity (Wildman–Crippen MR) is 61.9 cm³/mol. The zero-order valence-corrected chi connectivity index (χ0v) is 9.47. The average Bonchev–Trinajstić information content (AvgIpc) is 2.09. The van der Waals surface area contributed by atoms with E-state index in [9.17, 15) is 0 Å². The van der Waals surface area contributed by atoms with E-state index in [0.29, 0.717) is 0 Å². The van der Waals surface area contributed by atoms with Crippen molar-refractivity contribution in [2.45, 2.75) is 59.3 Å². The number of unbranched alkanes of at least 4 members (excludes halogenated alkanes) is 4. The fourth-order valence-electron chi connectivity index (χ4n) is 1.21. The van der Waals surface area contributed by atoms with Gasteiger partial charge in [0.1, 0.15) is 0 Å². The molecule has 0 atom stereocenters. The molecule has 0 heteroatoms. The van der Waals surface area contributed by atoms with Crippen LogP contribution in [0.25, 0.3) is 0 Å². The Morgan fingerprint density at radius 3 is 2.38 bits per heavy atom. The van der Waals surface area contributed by atoms with E-state index in [2.05, 4.69) is 39.0 Å². The molecule has 0 amide bonds. The smallest absolute Gasteiger partial charge is 0.0167 e. The van der Waals surface area contributed by atoms with Crippen LogP contribution in [-0.2, 0) is 0 Å². The minimum atomic E-state index is 1.11. The zero-order valence-electron chi connectivity index (χ0n) is 9.47. The predicted octanol–water partition coefficient (Wildman–Crippen LogP) is 4.87. The van der Waals surface area contributed by atoms with E-state index in [1.54, 1.807) is 0 Å². The molecule has 0 rings (SSSR count). The lowest BCUT2D eigenvalue weighted by atomic mass is 10.1. The topological polar surface area (TPSA) is 0 Å². The standard InChI is InChI=1S/C13H24/c1-4-5-6-7-8-9-10-11-12-13(2)3/h9-10,12H,4-8,11H2,1-3H3/b10-9+. The van der Waals surface area contributed by atoms with E-state index in [1.165, 1.54) is 37.7 Å². The molecule has 0 aromatic carbocycles. The summed E-state index contributed by atoms with van der Waals surface area (Å²) in [7, 11) is 0. The molecule has 0 unspecified atom stereocenters. The summed E-state index contributed by atoms with van der Waals surface area (Å²) in [5.74, 6) is 0. The molecule has 0 saturated carbocycles. The Kier molecular flexibility index (Phi) is 9.18. The Bertz CT molecular complexity index is 147. The monoisotopic (exact) mass is 180 g/mol. The number of allylic oxidation sites excluding steroid dienone is 4. The third kappa shape index (κ3) is 11.5. The van der Waals surface area contributed by atoms with Crippen LogP contribution in [0.4, 0.5) is 0 Å². The van der Waals surface area contributed by atoms with Crippen molar-refractivity contribution < 1.29 is 0 Å². The highest BCUT2D eigenvalue weighted by molar-refractivity contribution is 4.98. The summed E-state index contributed by atoms with van der Waals surface area (Å²) in [6, 6.07) is 0. The van der Waals surface area contributed by atoms with E-state index in [1.807, 2.05) is 0 Å². The maximum atomic E-state index is 2.31. The lowest BCUT2D eigenvalue weighted by Gasteiger charge is -1.93. The minimum absolute atomic E-state index is 1.11. The third-order valence-corrected chi connectivity index (χ3v) is 2.05. The van der Waals surface area contributed by atoms with Crippen LogP contribution in [-0.4, -0.2) is 0 Å². The van der Waals surface area contributed by atoms with Crippen LogP contribution >= 0.6 is 0 Å². The summed E-state index contributed by atoms with van der Waals surface area (Å²) in [6.45, 7) is 6.55. The molecule has 0 nitrogen and oxygen atoms in total. The fourth-order valence-corrected chi connectivity index (χ4v) is 1.21. The lowest BCUT2D eigenvalue weighted by molar-refractivity contribution is 0.674. The van der Waals surface area contributed by atoms with Crippen LogP contribution in [0, 0.1) is 0 Å². The molecule has 0 aromatic rings. The van der Waals surface area contributed by atoms with Crippen molar-refractivity contribution in [3.05, 3.63) is 23.8 Å². The first-order valence-electron chi connectivity index (χ1n) is 5.55. The quantitative estimate of drug-likeness (QED) is 0.387. The van der Waals surface area contributed by atoms with Crippen molar-refractivity contribution in [2.75, 3.05) is 0 Å². The fraction of sp³-hybridized carbons (Fsp3) is 0.692. The summed E-state index contributed by atoms with van der Waals surface area (Å²) >= 11 is 0. The van der Waals surface area contributed by atoms with Gasteiger partial charge in [-0.05, 0) is 33.1 Å². The van der Waals surface area contributed by atoms with Gasteiger partial charge in [0.15, 0.2) is 0 Å². The third-order valence-electron chi connectivity index (χ3n) is 2.05. The Hall–Kier alpha value is -0.520. The lowest BCUT2D eigenvalue weighted by Crippen LogP contribution is -1.73. The van der Waals surface area contributed by atoms with Crippen molar-refractivity contribution in [3.8, 4) is 0 Å². The molecule has 0 fully saturated rings. The molecule has 0 radical (unpaired) electrons. The number of rotatable bonds is 7. The van der Waals surface area contributed by atoms with Gasteiger partial charge in [0, 0.05) is 0 Å². The summed E-state index contributed by atoms with van der Waals surface area (Å²) in [6.07, 6.45) is 14.7. The summed E-state index contributed by atoms with van der Waals surface area (Å²) in [4.78, 5) is 0. The van der Waals surface area contributed by atoms with Gasteiger partial charge < -0.3 is 0 Å². The van der Waals surface area contributed by atoms with Crippen LogP contribution in [0.1, 0.15) is 59.3 Å². The molecule has 0 bridgehead atoms. The van der Waals surface area contributed by atoms with Crippen LogP contribution in [0.5, 0.6) is 0 Å². The van der Waals surface area contributed by atoms with Gasteiger partial charge in [0.2, 0.25) is 0 Å². The van der Waals surface area contributed by atoms with E-state index in [-0.39, 0.29) is 0 Å². The van der Waals surface area contributed by atoms with E-state index < -0.39 is 0 Å². The van der Waals surface area contributed by atoms with Crippen molar-refractivity contribution in [2.24, 2.45) is 0 Å². The molecule has 0 saturated heterocycles. The molecular weight excluding hydrogens is 156 g/mol. The summed E-state index contributed by atoms with van der Waals surface area (Å²) < 4.78 is 0. The second-order valence-electron chi connectivity index (χ2n) is 3.84. The average molecular weight is 180 g/mol. The van der Waals surface area contributed by atoms with Crippen molar-refractivity contribution in [3.63, 3.8) is 0 Å². The van der Waals surface area contributed by atoms with Gasteiger partial charge in [0.05, 0.1) is 0 Å². The Morgan fingerprint density at radius 1 is 1.00 bits per heavy atom. The van der Waals surface area contributed by atoms with E-state index >= 15 is 0 Å². The highest BCUT2D eigenvalue weighted by Crippen LogP contribution is 2.03. The molecule has 76 valence electrons. The zero-order chi connectivity index (χ0) is 9.94. The van der Waals surface area contributed by atoms with Gasteiger partial charge in [0.25, 0.3) is 0 Å². The first kappa shape index (κ1) is 12.5. The molecular formula is C13H24. The van der Waals surface area contributed by atoms with Crippen molar-refractivity contribution in [1.82, 2.24) is 0 Å². The largest absolute Gasteiger partial charge is 0.0882 e. The minimum Gasteiger partial charge on any atom is -0.0882 e.